The van der Waals surface area contributed by atoms with Crippen LogP contribution in [0.5, 0.6) is 0 Å². The van der Waals surface area contributed by atoms with Crippen LogP contribution in [0.15, 0.2) is 84.9 Å². The van der Waals surface area contributed by atoms with Crippen LogP contribution < -0.4 is 4.90 Å². The molecular formula is C33H38N4O4. The number of anilines is 2. The maximum absolute atomic E-state index is 14.2. The molecule has 2 saturated heterocycles. The summed E-state index contributed by atoms with van der Waals surface area (Å²) < 4.78 is 0. The number of benzene rings is 3. The Morgan fingerprint density at radius 3 is 1.98 bits per heavy atom. The molecule has 0 unspecified atom stereocenters. The number of fused-ring (bicyclic) bond motifs is 2. The number of amides is 4. The number of carbonyl (C=O) groups is 3. The Balaban J connectivity index is 1.41. The first-order chi connectivity index (χ1) is 19.9. The zero-order valence-corrected chi connectivity index (χ0v) is 23.7. The van der Waals surface area contributed by atoms with Crippen molar-refractivity contribution in [1.82, 2.24) is 14.7 Å². The summed E-state index contributed by atoms with van der Waals surface area (Å²) >= 11 is 0. The van der Waals surface area contributed by atoms with Crippen molar-refractivity contribution in [1.29, 1.82) is 0 Å². The normalized spacial score (nSPS) is 19.9. The molecule has 3 aromatic carbocycles. The molecule has 8 heteroatoms. The predicted molar refractivity (Wildman–Crippen MR) is 159 cm³/mol. The third kappa shape index (κ3) is 5.92. The quantitative estimate of drug-likeness (QED) is 0.380. The van der Waals surface area contributed by atoms with E-state index in [0.717, 1.165) is 24.8 Å². The van der Waals surface area contributed by atoms with Gasteiger partial charge in [0.2, 0.25) is 0 Å². The molecule has 0 aromatic heterocycles. The highest BCUT2D eigenvalue weighted by Gasteiger charge is 2.52. The molecule has 5 rings (SSSR count). The fourth-order valence-corrected chi connectivity index (χ4v) is 6.23. The van der Waals surface area contributed by atoms with E-state index in [-0.39, 0.29) is 18.6 Å². The van der Waals surface area contributed by atoms with Crippen molar-refractivity contribution >= 4 is 29.4 Å². The lowest BCUT2D eigenvalue weighted by atomic mass is 9.86. The summed E-state index contributed by atoms with van der Waals surface area (Å²) in [5.74, 6) is -1.10. The molecule has 214 valence electrons. The number of carboxylic acids is 1. The van der Waals surface area contributed by atoms with Crippen LogP contribution in [-0.4, -0.2) is 69.6 Å². The standard InChI is InChI=1S/C33H38N4O4/c1-3-11-24-18-20-25(21-19-24)22-34(2)32(40)37-28-16-10-17-29(37)30(31(38)39)35(23-28)33(41)36(26-12-6-4-7-13-26)27-14-8-5-9-15-27/h4-9,12-15,18-21,28-30H,3,10-11,16-17,22-23H2,1-2H3,(H,38,39)/t28-,29+,30-/m0/s1. The highest BCUT2D eigenvalue weighted by molar-refractivity contribution is 6.01. The van der Waals surface area contributed by atoms with Crippen molar-refractivity contribution < 1.29 is 19.5 Å². The maximum Gasteiger partial charge on any atom is 0.329 e. The van der Waals surface area contributed by atoms with E-state index in [9.17, 15) is 19.5 Å². The van der Waals surface area contributed by atoms with Crippen molar-refractivity contribution in [2.45, 2.75) is 63.7 Å². The van der Waals surface area contributed by atoms with Crippen LogP contribution in [0.4, 0.5) is 21.0 Å². The van der Waals surface area contributed by atoms with Gasteiger partial charge in [0.25, 0.3) is 0 Å². The average molecular weight is 555 g/mol. The van der Waals surface area contributed by atoms with E-state index in [4.69, 9.17) is 0 Å². The van der Waals surface area contributed by atoms with Crippen molar-refractivity contribution in [3.8, 4) is 0 Å². The Labute approximate surface area is 241 Å². The molecule has 4 amide bonds. The topological polar surface area (TPSA) is 84.4 Å². The lowest BCUT2D eigenvalue weighted by Gasteiger charge is -2.54. The summed E-state index contributed by atoms with van der Waals surface area (Å²) in [5.41, 5.74) is 3.60. The molecule has 0 radical (unpaired) electrons. The lowest BCUT2D eigenvalue weighted by molar-refractivity contribution is -0.148. The van der Waals surface area contributed by atoms with Crippen LogP contribution in [0, 0.1) is 0 Å². The molecule has 3 atom stereocenters. The SMILES string of the molecule is CCCc1ccc(CN(C)C(=O)N2[C@H]3CCC[C@@H]2[C@@H](C(=O)O)N(C(=O)N(c2ccccc2)c2ccccc2)C3)cc1. The number of nitrogens with zero attached hydrogens (tertiary/aromatic N) is 4. The zero-order valence-electron chi connectivity index (χ0n) is 23.7. The Hall–Kier alpha value is -4.33. The van der Waals surface area contributed by atoms with E-state index < -0.39 is 24.1 Å². The minimum atomic E-state index is -1.15. The molecule has 41 heavy (non-hydrogen) atoms. The van der Waals surface area contributed by atoms with Crippen LogP contribution in [0.2, 0.25) is 0 Å². The third-order valence-corrected chi connectivity index (χ3v) is 8.14. The van der Waals surface area contributed by atoms with Gasteiger partial charge in [-0.25, -0.2) is 14.4 Å². The van der Waals surface area contributed by atoms with E-state index in [2.05, 4.69) is 19.1 Å². The summed E-state index contributed by atoms with van der Waals surface area (Å²) in [4.78, 5) is 47.4. The van der Waals surface area contributed by atoms with Crippen LogP contribution >= 0.6 is 0 Å². The van der Waals surface area contributed by atoms with Gasteiger partial charge in [-0.2, -0.15) is 0 Å². The molecule has 2 bridgehead atoms. The van der Waals surface area contributed by atoms with Gasteiger partial charge in [-0.05, 0) is 61.1 Å². The molecule has 2 aliphatic heterocycles. The van der Waals surface area contributed by atoms with Gasteiger partial charge >= 0.3 is 18.0 Å². The number of piperidine rings is 1. The number of para-hydroxylation sites is 2. The van der Waals surface area contributed by atoms with Gasteiger partial charge in [0.05, 0.1) is 23.5 Å². The minimum Gasteiger partial charge on any atom is -0.480 e. The van der Waals surface area contributed by atoms with Gasteiger partial charge in [0.15, 0.2) is 6.04 Å². The second kappa shape index (κ2) is 12.5. The molecule has 0 aliphatic carbocycles. The van der Waals surface area contributed by atoms with Crippen LogP contribution in [-0.2, 0) is 17.8 Å². The number of rotatable bonds is 7. The Morgan fingerprint density at radius 1 is 0.829 bits per heavy atom. The Bertz CT molecular complexity index is 1310. The summed E-state index contributed by atoms with van der Waals surface area (Å²) in [7, 11) is 1.76. The number of likely N-dealkylation sites (tertiary alicyclic amines) is 1. The second-order valence-electron chi connectivity index (χ2n) is 11.0. The Kier molecular flexibility index (Phi) is 8.57. The number of hydrogen-bond acceptors (Lipinski definition) is 3. The first kappa shape index (κ1) is 28.2. The molecule has 2 fully saturated rings. The summed E-state index contributed by atoms with van der Waals surface area (Å²) in [6, 6.07) is 24.2. The number of carboxylic acid groups (broad SMARTS) is 1. The van der Waals surface area contributed by atoms with Gasteiger partial charge in [-0.3, -0.25) is 4.90 Å². The van der Waals surface area contributed by atoms with E-state index in [0.29, 0.717) is 30.8 Å². The molecule has 0 spiro atoms. The van der Waals surface area contributed by atoms with Gasteiger partial charge in [-0.1, -0.05) is 74.0 Å². The van der Waals surface area contributed by atoms with Gasteiger partial charge in [0.1, 0.15) is 0 Å². The first-order valence-corrected chi connectivity index (χ1v) is 14.4. The lowest BCUT2D eigenvalue weighted by Crippen LogP contribution is -2.72. The van der Waals surface area contributed by atoms with E-state index >= 15 is 0 Å². The van der Waals surface area contributed by atoms with Crippen molar-refractivity contribution in [3.63, 3.8) is 0 Å². The Morgan fingerprint density at radius 2 is 1.41 bits per heavy atom. The smallest absolute Gasteiger partial charge is 0.329 e. The predicted octanol–water partition coefficient (Wildman–Crippen LogP) is 6.14. The number of carbonyl (C=O) groups excluding carboxylic acids is 2. The zero-order chi connectivity index (χ0) is 28.9. The van der Waals surface area contributed by atoms with Crippen LogP contribution in [0.25, 0.3) is 0 Å². The fourth-order valence-electron chi connectivity index (χ4n) is 6.23. The van der Waals surface area contributed by atoms with Crippen molar-refractivity contribution in [2.75, 3.05) is 18.5 Å². The van der Waals surface area contributed by atoms with Crippen molar-refractivity contribution in [2.24, 2.45) is 0 Å². The number of aryl methyl sites for hydroxylation is 1. The number of aliphatic carboxylic acids is 1. The van der Waals surface area contributed by atoms with E-state index in [1.807, 2.05) is 72.8 Å². The summed E-state index contributed by atoms with van der Waals surface area (Å²) in [6.45, 7) is 2.74. The van der Waals surface area contributed by atoms with Gasteiger partial charge in [0, 0.05) is 20.1 Å². The molecule has 0 saturated carbocycles. The van der Waals surface area contributed by atoms with E-state index in [1.54, 1.807) is 21.7 Å². The molecule has 8 nitrogen and oxygen atoms in total. The van der Waals surface area contributed by atoms with Gasteiger partial charge in [-0.15, -0.1) is 0 Å². The molecule has 2 heterocycles. The summed E-state index contributed by atoms with van der Waals surface area (Å²) in [6.07, 6.45) is 4.15. The molecular weight excluding hydrogens is 516 g/mol. The number of hydrogen-bond donors (Lipinski definition) is 1. The van der Waals surface area contributed by atoms with Crippen LogP contribution in [0.1, 0.15) is 43.7 Å². The summed E-state index contributed by atoms with van der Waals surface area (Å²) in [5, 5.41) is 10.5. The highest BCUT2D eigenvalue weighted by atomic mass is 16.4. The minimum absolute atomic E-state index is 0.160. The van der Waals surface area contributed by atoms with Gasteiger partial charge < -0.3 is 19.8 Å². The fraction of sp³-hybridized carbons (Fsp3) is 0.364. The average Bonchev–Trinajstić information content (AvgIpc) is 2.98. The first-order valence-electron chi connectivity index (χ1n) is 14.4. The largest absolute Gasteiger partial charge is 0.480 e. The maximum atomic E-state index is 14.2. The van der Waals surface area contributed by atoms with E-state index in [1.165, 1.54) is 10.5 Å². The number of piperazine rings is 1. The second-order valence-corrected chi connectivity index (χ2v) is 11.0. The van der Waals surface area contributed by atoms with Crippen molar-refractivity contribution in [3.05, 3.63) is 96.1 Å². The highest BCUT2D eigenvalue weighted by Crippen LogP contribution is 2.36. The molecule has 2 aliphatic rings. The van der Waals surface area contributed by atoms with Crippen LogP contribution in [0.3, 0.4) is 0 Å². The molecule has 3 aromatic rings. The molecule has 1 N–H and O–H groups in total. The third-order valence-electron chi connectivity index (χ3n) is 8.14. The number of urea groups is 2. The monoisotopic (exact) mass is 554 g/mol.